The molecule has 3 heteroatoms. The first-order chi connectivity index (χ1) is 8.97. The number of aryl methyl sites for hydroxylation is 2. The first kappa shape index (κ1) is 15.1. The molecule has 2 rings (SSSR count). The molecule has 0 saturated heterocycles. The molecule has 0 fully saturated rings. The van der Waals surface area contributed by atoms with Crippen LogP contribution in [0, 0.1) is 13.8 Å². The van der Waals surface area contributed by atoms with Gasteiger partial charge in [-0.05, 0) is 60.7 Å². The smallest absolute Gasteiger partial charge is 0.0450 e. The second-order valence-corrected chi connectivity index (χ2v) is 7.18. The average molecular weight is 403 g/mol. The zero-order chi connectivity index (χ0) is 14.0. The van der Waals surface area contributed by atoms with Crippen LogP contribution >= 0.6 is 43.5 Å². The van der Waals surface area contributed by atoms with Crippen LogP contribution in [0.4, 0.5) is 0 Å². The van der Waals surface area contributed by atoms with Gasteiger partial charge in [-0.15, -0.1) is 0 Å². The van der Waals surface area contributed by atoms with Crippen LogP contribution in [0.5, 0.6) is 0 Å². The van der Waals surface area contributed by atoms with E-state index in [1.54, 1.807) is 0 Å². The predicted molar refractivity (Wildman–Crippen MR) is 90.4 cm³/mol. The Balaban J connectivity index is 2.22. The fourth-order valence-electron chi connectivity index (χ4n) is 2.00. The van der Waals surface area contributed by atoms with Gasteiger partial charge in [-0.1, -0.05) is 61.7 Å². The molecule has 0 amide bonds. The maximum atomic E-state index is 6.26. The topological polar surface area (TPSA) is 0 Å². The third-order valence-electron chi connectivity index (χ3n) is 3.28. The second kappa shape index (κ2) is 6.43. The SMILES string of the molecule is Cc1ccc(CC(Br)c2cc(Br)ccc2Cl)cc1C. The van der Waals surface area contributed by atoms with Gasteiger partial charge in [0.05, 0.1) is 0 Å². The third kappa shape index (κ3) is 3.84. The van der Waals surface area contributed by atoms with E-state index in [0.29, 0.717) is 0 Å². The summed E-state index contributed by atoms with van der Waals surface area (Å²) in [6.07, 6.45) is 0.928. The first-order valence-electron chi connectivity index (χ1n) is 6.12. The standard InChI is InChI=1S/C16H15Br2Cl/c1-10-3-4-12(7-11(10)2)8-15(18)14-9-13(17)5-6-16(14)19/h3-7,9,15H,8H2,1-2H3. The van der Waals surface area contributed by atoms with E-state index in [2.05, 4.69) is 70.0 Å². The molecule has 0 aliphatic carbocycles. The van der Waals surface area contributed by atoms with Gasteiger partial charge in [0, 0.05) is 14.3 Å². The molecule has 0 radical (unpaired) electrons. The molecule has 0 aliphatic heterocycles. The lowest BCUT2D eigenvalue weighted by molar-refractivity contribution is 0.945. The molecule has 2 aromatic rings. The molecule has 100 valence electrons. The van der Waals surface area contributed by atoms with Gasteiger partial charge in [-0.2, -0.15) is 0 Å². The van der Waals surface area contributed by atoms with Crippen molar-refractivity contribution in [3.05, 3.63) is 68.1 Å². The summed E-state index contributed by atoms with van der Waals surface area (Å²) in [5.74, 6) is 0. The Morgan fingerprint density at radius 1 is 1.05 bits per heavy atom. The van der Waals surface area contributed by atoms with E-state index in [1.165, 1.54) is 16.7 Å². The van der Waals surface area contributed by atoms with Crippen LogP contribution < -0.4 is 0 Å². The Morgan fingerprint density at radius 3 is 2.47 bits per heavy atom. The van der Waals surface area contributed by atoms with Gasteiger partial charge in [-0.25, -0.2) is 0 Å². The minimum absolute atomic E-state index is 0.222. The van der Waals surface area contributed by atoms with Crippen molar-refractivity contribution in [2.45, 2.75) is 25.1 Å². The van der Waals surface area contributed by atoms with E-state index in [1.807, 2.05) is 12.1 Å². The molecular weight excluding hydrogens is 387 g/mol. The second-order valence-electron chi connectivity index (χ2n) is 4.76. The maximum absolute atomic E-state index is 6.26. The Bertz CT molecular complexity index is 593. The molecule has 2 aromatic carbocycles. The number of halogens is 3. The highest BCUT2D eigenvalue weighted by atomic mass is 79.9. The summed E-state index contributed by atoms with van der Waals surface area (Å²) in [6.45, 7) is 4.28. The molecule has 1 unspecified atom stereocenters. The number of rotatable bonds is 3. The van der Waals surface area contributed by atoms with Crippen molar-refractivity contribution in [1.29, 1.82) is 0 Å². The van der Waals surface area contributed by atoms with E-state index in [-0.39, 0.29) is 4.83 Å². The summed E-state index contributed by atoms with van der Waals surface area (Å²) in [6, 6.07) is 12.6. The Kier molecular flexibility index (Phi) is 5.10. The predicted octanol–water partition coefficient (Wildman–Crippen LogP) is 6.40. The normalized spacial score (nSPS) is 12.5. The fraction of sp³-hybridized carbons (Fsp3) is 0.250. The van der Waals surface area contributed by atoms with Crippen molar-refractivity contribution >= 4 is 43.5 Å². The summed E-state index contributed by atoms with van der Waals surface area (Å²) >= 11 is 13.5. The van der Waals surface area contributed by atoms with E-state index >= 15 is 0 Å². The molecular formula is C16H15Br2Cl. The Morgan fingerprint density at radius 2 is 1.79 bits per heavy atom. The molecule has 0 aliphatic rings. The van der Waals surface area contributed by atoms with Gasteiger partial charge >= 0.3 is 0 Å². The van der Waals surface area contributed by atoms with Gasteiger partial charge in [-0.3, -0.25) is 0 Å². The summed E-state index contributed by atoms with van der Waals surface area (Å²) in [5, 5.41) is 0.800. The molecule has 0 aromatic heterocycles. The quantitative estimate of drug-likeness (QED) is 0.521. The lowest BCUT2D eigenvalue weighted by atomic mass is 10.0. The van der Waals surface area contributed by atoms with Crippen molar-refractivity contribution < 1.29 is 0 Å². The summed E-state index contributed by atoms with van der Waals surface area (Å²) in [7, 11) is 0. The van der Waals surface area contributed by atoms with Crippen molar-refractivity contribution in [3.8, 4) is 0 Å². The van der Waals surface area contributed by atoms with E-state index < -0.39 is 0 Å². The van der Waals surface area contributed by atoms with Crippen LogP contribution in [0.1, 0.15) is 27.1 Å². The zero-order valence-electron chi connectivity index (χ0n) is 10.9. The Hall–Kier alpha value is -0.310. The van der Waals surface area contributed by atoms with Crippen LogP contribution in [-0.4, -0.2) is 0 Å². The molecule has 0 nitrogen and oxygen atoms in total. The van der Waals surface area contributed by atoms with Crippen molar-refractivity contribution in [1.82, 2.24) is 0 Å². The average Bonchev–Trinajstić information content (AvgIpc) is 2.36. The minimum atomic E-state index is 0.222. The lowest BCUT2D eigenvalue weighted by Crippen LogP contribution is -1.97. The van der Waals surface area contributed by atoms with Crippen LogP contribution in [-0.2, 0) is 6.42 Å². The summed E-state index contributed by atoms with van der Waals surface area (Å²) < 4.78 is 1.05. The molecule has 0 heterocycles. The number of hydrogen-bond donors (Lipinski definition) is 0. The third-order valence-corrected chi connectivity index (χ3v) is 4.94. The highest BCUT2D eigenvalue weighted by Gasteiger charge is 2.13. The van der Waals surface area contributed by atoms with Gasteiger partial charge in [0.15, 0.2) is 0 Å². The summed E-state index contributed by atoms with van der Waals surface area (Å²) in [5.41, 5.74) is 5.10. The van der Waals surface area contributed by atoms with Crippen LogP contribution in [0.15, 0.2) is 40.9 Å². The van der Waals surface area contributed by atoms with E-state index in [0.717, 1.165) is 21.5 Å². The van der Waals surface area contributed by atoms with E-state index in [4.69, 9.17) is 11.6 Å². The highest BCUT2D eigenvalue weighted by molar-refractivity contribution is 9.10. The molecule has 0 N–H and O–H groups in total. The minimum Gasteiger partial charge on any atom is -0.0840 e. The number of alkyl halides is 1. The number of hydrogen-bond acceptors (Lipinski definition) is 0. The maximum Gasteiger partial charge on any atom is 0.0450 e. The van der Waals surface area contributed by atoms with Crippen LogP contribution in [0.3, 0.4) is 0 Å². The van der Waals surface area contributed by atoms with E-state index in [9.17, 15) is 0 Å². The molecule has 0 saturated carbocycles. The summed E-state index contributed by atoms with van der Waals surface area (Å²) in [4.78, 5) is 0.222. The van der Waals surface area contributed by atoms with Crippen LogP contribution in [0.25, 0.3) is 0 Å². The molecule has 19 heavy (non-hydrogen) atoms. The van der Waals surface area contributed by atoms with Crippen LogP contribution in [0.2, 0.25) is 5.02 Å². The van der Waals surface area contributed by atoms with Gasteiger partial charge < -0.3 is 0 Å². The van der Waals surface area contributed by atoms with Crippen molar-refractivity contribution in [2.24, 2.45) is 0 Å². The van der Waals surface area contributed by atoms with Crippen molar-refractivity contribution in [2.75, 3.05) is 0 Å². The molecule has 0 spiro atoms. The van der Waals surface area contributed by atoms with Gasteiger partial charge in [0.1, 0.15) is 0 Å². The molecule has 0 bridgehead atoms. The zero-order valence-corrected chi connectivity index (χ0v) is 14.8. The van der Waals surface area contributed by atoms with Crippen molar-refractivity contribution in [3.63, 3.8) is 0 Å². The fourth-order valence-corrected chi connectivity index (χ4v) is 3.51. The Labute approximate surface area is 136 Å². The lowest BCUT2D eigenvalue weighted by Gasteiger charge is -2.13. The van der Waals surface area contributed by atoms with Gasteiger partial charge in [0.2, 0.25) is 0 Å². The molecule has 1 atom stereocenters. The largest absolute Gasteiger partial charge is 0.0840 e. The first-order valence-corrected chi connectivity index (χ1v) is 8.21. The highest BCUT2D eigenvalue weighted by Crippen LogP contribution is 2.34. The number of benzene rings is 2. The van der Waals surface area contributed by atoms with Gasteiger partial charge in [0.25, 0.3) is 0 Å². The monoisotopic (exact) mass is 400 g/mol.